The van der Waals surface area contributed by atoms with Crippen LogP contribution in [0.25, 0.3) is 0 Å². The lowest BCUT2D eigenvalue weighted by Crippen LogP contribution is -2.23. The molecular formula is C12H12N4S. The van der Waals surface area contributed by atoms with Crippen LogP contribution in [0.1, 0.15) is 10.4 Å². The average Bonchev–Trinajstić information content (AvgIpc) is 2.74. The molecule has 1 rings (SSSR count). The van der Waals surface area contributed by atoms with Crippen molar-refractivity contribution in [3.8, 4) is 24.0 Å². The second kappa shape index (κ2) is 7.44. The molecule has 0 spiro atoms. The number of nitrogens with two attached hydrogens (primary N) is 1. The Morgan fingerprint density at radius 1 is 1.29 bits per heavy atom. The van der Waals surface area contributed by atoms with Crippen LogP contribution in [-0.4, -0.2) is 24.5 Å². The van der Waals surface area contributed by atoms with Crippen LogP contribution in [0.4, 0.5) is 0 Å². The van der Waals surface area contributed by atoms with E-state index < -0.39 is 0 Å². The maximum Gasteiger partial charge on any atom is 0.0877 e. The van der Waals surface area contributed by atoms with Crippen molar-refractivity contribution < 1.29 is 0 Å². The second-order valence-electron chi connectivity index (χ2n) is 3.22. The van der Waals surface area contributed by atoms with Gasteiger partial charge in [0.2, 0.25) is 0 Å². The zero-order valence-corrected chi connectivity index (χ0v) is 10.1. The van der Waals surface area contributed by atoms with Gasteiger partial charge in [-0.25, -0.2) is 0 Å². The molecule has 86 valence electrons. The standard InChI is InChI=1S/C12H12N4S/c13-4-1-2-11-3-9-17-12(11)10-16(7-5-14)8-6-15/h3,9H,4,7-8,10,13H2. The quantitative estimate of drug-likeness (QED) is 0.631. The van der Waals surface area contributed by atoms with Crippen molar-refractivity contribution in [3.05, 3.63) is 21.9 Å². The molecule has 0 amide bonds. The van der Waals surface area contributed by atoms with E-state index in [1.807, 2.05) is 11.4 Å². The highest BCUT2D eigenvalue weighted by atomic mass is 32.1. The van der Waals surface area contributed by atoms with E-state index in [0.29, 0.717) is 13.1 Å². The van der Waals surface area contributed by atoms with Crippen molar-refractivity contribution in [2.45, 2.75) is 6.54 Å². The van der Waals surface area contributed by atoms with E-state index >= 15 is 0 Å². The van der Waals surface area contributed by atoms with Crippen molar-refractivity contribution in [3.63, 3.8) is 0 Å². The van der Waals surface area contributed by atoms with Gasteiger partial charge in [0.1, 0.15) is 0 Å². The van der Waals surface area contributed by atoms with Gasteiger partial charge in [0.15, 0.2) is 0 Å². The summed E-state index contributed by atoms with van der Waals surface area (Å²) < 4.78 is 0. The van der Waals surface area contributed by atoms with Gasteiger partial charge in [0, 0.05) is 17.0 Å². The molecule has 0 saturated heterocycles. The van der Waals surface area contributed by atoms with Crippen LogP contribution in [-0.2, 0) is 6.54 Å². The fourth-order valence-corrected chi connectivity index (χ4v) is 2.16. The summed E-state index contributed by atoms with van der Waals surface area (Å²) in [6.45, 7) is 1.40. The molecule has 1 aromatic rings. The van der Waals surface area contributed by atoms with Crippen molar-refractivity contribution >= 4 is 11.3 Å². The number of hydrogen-bond acceptors (Lipinski definition) is 5. The maximum absolute atomic E-state index is 8.66. The molecule has 17 heavy (non-hydrogen) atoms. The molecule has 0 saturated carbocycles. The summed E-state index contributed by atoms with van der Waals surface area (Å²) in [7, 11) is 0. The van der Waals surface area contributed by atoms with Gasteiger partial charge >= 0.3 is 0 Å². The van der Waals surface area contributed by atoms with E-state index in [2.05, 4.69) is 24.0 Å². The Morgan fingerprint density at radius 2 is 2.00 bits per heavy atom. The molecule has 5 heteroatoms. The van der Waals surface area contributed by atoms with Crippen molar-refractivity contribution in [2.75, 3.05) is 19.6 Å². The lowest BCUT2D eigenvalue weighted by Gasteiger charge is -2.13. The molecule has 0 radical (unpaired) electrons. The molecule has 2 N–H and O–H groups in total. The topological polar surface area (TPSA) is 76.8 Å². The smallest absolute Gasteiger partial charge is 0.0877 e. The molecule has 0 unspecified atom stereocenters. The van der Waals surface area contributed by atoms with Gasteiger partial charge in [-0.2, -0.15) is 10.5 Å². The summed E-state index contributed by atoms with van der Waals surface area (Å²) in [6, 6.07) is 6.03. The summed E-state index contributed by atoms with van der Waals surface area (Å²) in [5.74, 6) is 5.79. The van der Waals surface area contributed by atoms with E-state index in [-0.39, 0.29) is 13.1 Å². The first-order chi connectivity index (χ1) is 8.31. The number of hydrogen-bond donors (Lipinski definition) is 1. The summed E-state index contributed by atoms with van der Waals surface area (Å²) in [6.07, 6.45) is 0. The second-order valence-corrected chi connectivity index (χ2v) is 4.23. The van der Waals surface area contributed by atoms with Crippen LogP contribution in [0, 0.1) is 34.5 Å². The summed E-state index contributed by atoms with van der Waals surface area (Å²) in [4.78, 5) is 2.84. The van der Waals surface area contributed by atoms with Gasteiger partial charge in [-0.3, -0.25) is 4.90 Å². The Kier molecular flexibility index (Phi) is 5.79. The van der Waals surface area contributed by atoms with Crippen molar-refractivity contribution in [2.24, 2.45) is 5.73 Å². The minimum atomic E-state index is 0.245. The third-order valence-electron chi connectivity index (χ3n) is 2.03. The van der Waals surface area contributed by atoms with E-state index in [1.54, 1.807) is 16.2 Å². The Balaban J connectivity index is 2.76. The van der Waals surface area contributed by atoms with Crippen LogP contribution >= 0.6 is 11.3 Å². The number of rotatable bonds is 4. The molecule has 0 atom stereocenters. The Labute approximate surface area is 105 Å². The van der Waals surface area contributed by atoms with E-state index in [1.165, 1.54) is 0 Å². The first-order valence-corrected chi connectivity index (χ1v) is 5.91. The molecule has 0 aliphatic heterocycles. The van der Waals surface area contributed by atoms with Crippen LogP contribution in [0.3, 0.4) is 0 Å². The number of nitrogens with zero attached hydrogens (tertiary/aromatic N) is 3. The fraction of sp³-hybridized carbons (Fsp3) is 0.333. The van der Waals surface area contributed by atoms with Crippen molar-refractivity contribution in [1.82, 2.24) is 4.90 Å². The zero-order chi connectivity index (χ0) is 12.5. The Hall–Kier alpha value is -1.84. The molecule has 1 heterocycles. The first kappa shape index (κ1) is 13.2. The minimum absolute atomic E-state index is 0.245. The molecular weight excluding hydrogens is 232 g/mol. The highest BCUT2D eigenvalue weighted by molar-refractivity contribution is 7.10. The fourth-order valence-electron chi connectivity index (χ4n) is 1.29. The summed E-state index contributed by atoms with van der Waals surface area (Å²) in [5.41, 5.74) is 6.26. The van der Waals surface area contributed by atoms with Gasteiger partial charge in [-0.15, -0.1) is 11.3 Å². The average molecular weight is 244 g/mol. The monoisotopic (exact) mass is 244 g/mol. The molecule has 0 aliphatic rings. The Bertz CT molecular complexity index is 479. The van der Waals surface area contributed by atoms with Crippen LogP contribution in [0.5, 0.6) is 0 Å². The van der Waals surface area contributed by atoms with Crippen LogP contribution < -0.4 is 5.73 Å². The van der Waals surface area contributed by atoms with E-state index in [9.17, 15) is 0 Å². The highest BCUT2D eigenvalue weighted by Gasteiger charge is 2.08. The van der Waals surface area contributed by atoms with E-state index in [4.69, 9.17) is 16.3 Å². The predicted octanol–water partition coefficient (Wildman–Crippen LogP) is 0.907. The molecule has 0 bridgehead atoms. The molecule has 0 fully saturated rings. The number of nitriles is 2. The maximum atomic E-state index is 8.66. The predicted molar refractivity (Wildman–Crippen MR) is 66.8 cm³/mol. The van der Waals surface area contributed by atoms with Crippen LogP contribution in [0.2, 0.25) is 0 Å². The summed E-state index contributed by atoms with van der Waals surface area (Å²) in [5, 5.41) is 19.3. The third-order valence-corrected chi connectivity index (χ3v) is 2.93. The normalized spacial score (nSPS) is 9.18. The van der Waals surface area contributed by atoms with Crippen molar-refractivity contribution in [1.29, 1.82) is 10.5 Å². The summed E-state index contributed by atoms with van der Waals surface area (Å²) >= 11 is 1.58. The highest BCUT2D eigenvalue weighted by Crippen LogP contribution is 2.17. The van der Waals surface area contributed by atoms with Gasteiger partial charge in [-0.05, 0) is 11.4 Å². The van der Waals surface area contributed by atoms with Crippen LogP contribution in [0.15, 0.2) is 11.4 Å². The lowest BCUT2D eigenvalue weighted by molar-refractivity contribution is 0.337. The Morgan fingerprint density at radius 3 is 2.59 bits per heavy atom. The first-order valence-electron chi connectivity index (χ1n) is 5.03. The molecule has 1 aromatic heterocycles. The van der Waals surface area contributed by atoms with Gasteiger partial charge < -0.3 is 5.73 Å². The third kappa shape index (κ3) is 4.26. The van der Waals surface area contributed by atoms with E-state index in [0.717, 1.165) is 10.4 Å². The van der Waals surface area contributed by atoms with Gasteiger partial charge in [0.25, 0.3) is 0 Å². The molecule has 4 nitrogen and oxygen atoms in total. The zero-order valence-electron chi connectivity index (χ0n) is 9.31. The lowest BCUT2D eigenvalue weighted by atomic mass is 10.2. The SMILES string of the molecule is N#CCN(CC#N)Cc1sccc1C#CCN. The molecule has 0 aromatic carbocycles. The number of thiophene rings is 1. The van der Waals surface area contributed by atoms with Gasteiger partial charge in [-0.1, -0.05) is 11.8 Å². The minimum Gasteiger partial charge on any atom is -0.320 e. The largest absolute Gasteiger partial charge is 0.320 e. The molecule has 0 aliphatic carbocycles. The van der Waals surface area contributed by atoms with Gasteiger partial charge in [0.05, 0.1) is 31.8 Å².